The summed E-state index contributed by atoms with van der Waals surface area (Å²) in [4.78, 5) is 12.8. The van der Waals surface area contributed by atoms with Crippen molar-refractivity contribution in [1.82, 2.24) is 9.78 Å². The van der Waals surface area contributed by atoms with E-state index in [4.69, 9.17) is 5.73 Å². The van der Waals surface area contributed by atoms with Crippen LogP contribution in [0.25, 0.3) is 5.69 Å². The van der Waals surface area contributed by atoms with Gasteiger partial charge in [0.25, 0.3) is 5.91 Å². The van der Waals surface area contributed by atoms with E-state index >= 15 is 0 Å². The van der Waals surface area contributed by atoms with E-state index in [2.05, 4.69) is 10.4 Å². The Morgan fingerprint density at radius 1 is 1.21 bits per heavy atom. The number of nitrogens with two attached hydrogens (primary N) is 1. The Morgan fingerprint density at radius 3 is 2.59 bits per heavy atom. The highest BCUT2D eigenvalue weighted by atomic mass is 19.1. The SMILES string of the molecule is Cc1nn(-c2ccc(F)cc2F)c(N)c1C1(O)C(=O)Nc2ccc(C(C)C)cc21. The van der Waals surface area contributed by atoms with Crippen LogP contribution in [0, 0.1) is 18.6 Å². The zero-order chi connectivity index (χ0) is 21.1. The second-order valence-electron chi connectivity index (χ2n) is 7.48. The van der Waals surface area contributed by atoms with E-state index in [-0.39, 0.29) is 28.7 Å². The van der Waals surface area contributed by atoms with E-state index in [1.165, 1.54) is 6.07 Å². The fraction of sp³-hybridized carbons (Fsp3) is 0.238. The van der Waals surface area contributed by atoms with E-state index in [0.717, 1.165) is 16.3 Å². The molecule has 1 aliphatic rings. The van der Waals surface area contributed by atoms with Crippen LogP contribution < -0.4 is 11.1 Å². The zero-order valence-electron chi connectivity index (χ0n) is 16.1. The first-order valence-electron chi connectivity index (χ1n) is 9.13. The molecule has 8 heteroatoms. The number of fused-ring (bicyclic) bond motifs is 1. The van der Waals surface area contributed by atoms with Crippen molar-refractivity contribution in [3.8, 4) is 5.69 Å². The summed E-state index contributed by atoms with van der Waals surface area (Å²) in [6.07, 6.45) is 0. The molecular weight excluding hydrogens is 378 g/mol. The summed E-state index contributed by atoms with van der Waals surface area (Å²) >= 11 is 0. The molecule has 1 aliphatic heterocycles. The standard InChI is InChI=1S/C21H20F2N4O2/c1-10(2)12-4-6-16-14(8-12)21(29,20(28)25-16)18-11(3)26-27(19(18)24)17-7-5-13(22)9-15(17)23/h4-10,29H,24H2,1-3H3,(H,25,28). The number of carbonyl (C=O) groups is 1. The van der Waals surface area contributed by atoms with Gasteiger partial charge in [0.05, 0.1) is 11.3 Å². The van der Waals surface area contributed by atoms with Crippen molar-refractivity contribution in [2.75, 3.05) is 11.1 Å². The lowest BCUT2D eigenvalue weighted by Gasteiger charge is -2.22. The smallest absolute Gasteiger partial charge is 0.266 e. The minimum Gasteiger partial charge on any atom is -0.383 e. The summed E-state index contributed by atoms with van der Waals surface area (Å²) in [6, 6.07) is 8.36. The number of halogens is 2. The van der Waals surface area contributed by atoms with Gasteiger partial charge < -0.3 is 16.2 Å². The number of hydrogen-bond donors (Lipinski definition) is 3. The number of aliphatic hydroxyl groups is 1. The molecule has 3 aromatic rings. The summed E-state index contributed by atoms with van der Waals surface area (Å²) in [5.41, 5.74) is 6.16. The van der Waals surface area contributed by atoms with Gasteiger partial charge in [-0.05, 0) is 42.7 Å². The van der Waals surface area contributed by atoms with Gasteiger partial charge in [0.15, 0.2) is 5.82 Å². The summed E-state index contributed by atoms with van der Waals surface area (Å²) in [6.45, 7) is 5.57. The maximum Gasteiger partial charge on any atom is 0.266 e. The molecule has 1 atom stereocenters. The molecule has 0 saturated heterocycles. The predicted octanol–water partition coefficient (Wildman–Crippen LogP) is 3.35. The Labute approximate surface area is 166 Å². The maximum atomic E-state index is 14.3. The molecule has 2 aromatic carbocycles. The summed E-state index contributed by atoms with van der Waals surface area (Å²) in [5.74, 6) is -2.19. The van der Waals surface area contributed by atoms with E-state index in [9.17, 15) is 18.7 Å². The highest BCUT2D eigenvalue weighted by molar-refractivity contribution is 6.08. The van der Waals surface area contributed by atoms with E-state index in [0.29, 0.717) is 17.3 Å². The lowest BCUT2D eigenvalue weighted by atomic mass is 9.85. The van der Waals surface area contributed by atoms with Crippen LogP contribution in [0.4, 0.5) is 20.3 Å². The average Bonchev–Trinajstić information content (AvgIpc) is 3.08. The third kappa shape index (κ3) is 2.71. The number of nitrogens with one attached hydrogen (secondary N) is 1. The van der Waals surface area contributed by atoms with Crippen molar-refractivity contribution >= 4 is 17.4 Å². The number of benzene rings is 2. The van der Waals surface area contributed by atoms with Crippen LogP contribution in [0.5, 0.6) is 0 Å². The fourth-order valence-corrected chi connectivity index (χ4v) is 3.74. The van der Waals surface area contributed by atoms with Crippen molar-refractivity contribution in [1.29, 1.82) is 0 Å². The summed E-state index contributed by atoms with van der Waals surface area (Å²) in [5, 5.41) is 18.4. The Hall–Kier alpha value is -3.26. The quantitative estimate of drug-likeness (QED) is 0.631. The number of nitrogens with zero attached hydrogens (tertiary/aromatic N) is 2. The van der Waals surface area contributed by atoms with Crippen LogP contribution in [0.2, 0.25) is 0 Å². The molecule has 0 bridgehead atoms. The van der Waals surface area contributed by atoms with Crippen molar-refractivity contribution in [2.45, 2.75) is 32.3 Å². The molecule has 150 valence electrons. The molecule has 2 heterocycles. The first-order chi connectivity index (χ1) is 13.6. The molecule has 0 aliphatic carbocycles. The number of hydrogen-bond acceptors (Lipinski definition) is 4. The van der Waals surface area contributed by atoms with Gasteiger partial charge in [-0.2, -0.15) is 5.10 Å². The third-order valence-electron chi connectivity index (χ3n) is 5.27. The molecule has 4 N–H and O–H groups in total. The van der Waals surface area contributed by atoms with E-state index < -0.39 is 23.1 Å². The number of carbonyl (C=O) groups excluding carboxylic acids is 1. The van der Waals surface area contributed by atoms with Gasteiger partial charge in [0, 0.05) is 17.3 Å². The van der Waals surface area contributed by atoms with Gasteiger partial charge in [0.1, 0.15) is 17.3 Å². The highest BCUT2D eigenvalue weighted by Gasteiger charge is 2.50. The molecule has 1 aromatic heterocycles. The minimum atomic E-state index is -2.08. The van der Waals surface area contributed by atoms with Gasteiger partial charge in [-0.25, -0.2) is 13.5 Å². The van der Waals surface area contributed by atoms with Gasteiger partial charge in [-0.1, -0.05) is 19.9 Å². The first kappa shape index (κ1) is 19.1. The zero-order valence-corrected chi connectivity index (χ0v) is 16.1. The first-order valence-corrected chi connectivity index (χ1v) is 9.13. The molecule has 0 fully saturated rings. The number of aryl methyl sites for hydroxylation is 1. The van der Waals surface area contributed by atoms with Crippen molar-refractivity contribution in [2.24, 2.45) is 0 Å². The van der Waals surface area contributed by atoms with Crippen LogP contribution in [-0.2, 0) is 10.4 Å². The largest absolute Gasteiger partial charge is 0.383 e. The van der Waals surface area contributed by atoms with Gasteiger partial charge in [-0.3, -0.25) is 4.79 Å². The summed E-state index contributed by atoms with van der Waals surface area (Å²) < 4.78 is 28.6. The predicted molar refractivity (Wildman–Crippen MR) is 105 cm³/mol. The average molecular weight is 398 g/mol. The molecule has 6 nitrogen and oxygen atoms in total. The van der Waals surface area contributed by atoms with Gasteiger partial charge >= 0.3 is 0 Å². The van der Waals surface area contributed by atoms with Crippen molar-refractivity contribution < 1.29 is 18.7 Å². The Bertz CT molecular complexity index is 1160. The number of rotatable bonds is 3. The Morgan fingerprint density at radius 2 is 1.93 bits per heavy atom. The van der Waals surface area contributed by atoms with E-state index in [1.54, 1.807) is 19.1 Å². The lowest BCUT2D eigenvalue weighted by Crippen LogP contribution is -2.36. The second kappa shape index (κ2) is 6.38. The molecule has 29 heavy (non-hydrogen) atoms. The molecule has 4 rings (SSSR count). The number of aromatic nitrogens is 2. The van der Waals surface area contributed by atoms with E-state index in [1.807, 2.05) is 19.9 Å². The molecule has 1 amide bonds. The Balaban J connectivity index is 1.94. The molecule has 0 saturated carbocycles. The maximum absolute atomic E-state index is 14.3. The van der Waals surface area contributed by atoms with Crippen LogP contribution in [0.1, 0.15) is 42.1 Å². The van der Waals surface area contributed by atoms with Crippen LogP contribution in [0.3, 0.4) is 0 Å². The van der Waals surface area contributed by atoms with Gasteiger partial charge in [-0.15, -0.1) is 0 Å². The topological polar surface area (TPSA) is 93.2 Å². The summed E-state index contributed by atoms with van der Waals surface area (Å²) in [7, 11) is 0. The normalized spacial score (nSPS) is 18.2. The van der Waals surface area contributed by atoms with Gasteiger partial charge in [0.2, 0.25) is 5.60 Å². The van der Waals surface area contributed by atoms with Crippen LogP contribution in [0.15, 0.2) is 36.4 Å². The Kier molecular flexibility index (Phi) is 4.20. The minimum absolute atomic E-state index is 0.0679. The fourth-order valence-electron chi connectivity index (χ4n) is 3.74. The van der Waals surface area contributed by atoms with Crippen molar-refractivity contribution in [3.63, 3.8) is 0 Å². The number of anilines is 2. The monoisotopic (exact) mass is 398 g/mol. The second-order valence-corrected chi connectivity index (χ2v) is 7.48. The number of amides is 1. The lowest BCUT2D eigenvalue weighted by molar-refractivity contribution is -0.129. The molecular formula is C21H20F2N4O2. The van der Waals surface area contributed by atoms with Crippen molar-refractivity contribution in [3.05, 3.63) is 70.4 Å². The number of nitrogen functional groups attached to an aromatic ring is 1. The molecule has 0 spiro atoms. The molecule has 1 unspecified atom stereocenters. The molecule has 0 radical (unpaired) electrons. The highest BCUT2D eigenvalue weighted by Crippen LogP contribution is 2.45. The van der Waals surface area contributed by atoms with Crippen LogP contribution >= 0.6 is 0 Å². The third-order valence-corrected chi connectivity index (χ3v) is 5.27. The van der Waals surface area contributed by atoms with Crippen LogP contribution in [-0.4, -0.2) is 20.8 Å².